The summed E-state index contributed by atoms with van der Waals surface area (Å²) in [7, 11) is 0. The Balaban J connectivity index is 1.49. The Hall–Kier alpha value is -3.05. The first-order valence-corrected chi connectivity index (χ1v) is 9.68. The number of allylic oxidation sites excluding steroid dienone is 1. The van der Waals surface area contributed by atoms with Gasteiger partial charge in [0.15, 0.2) is 0 Å². The summed E-state index contributed by atoms with van der Waals surface area (Å²) in [6.45, 7) is 8.26. The molecule has 138 valence electrons. The number of hydrogen-bond acceptors (Lipinski definition) is 5. The molecule has 0 unspecified atom stereocenters. The van der Waals surface area contributed by atoms with Crippen molar-refractivity contribution in [2.75, 3.05) is 16.4 Å². The number of hydrogen-bond donors (Lipinski definition) is 3. The zero-order valence-electron chi connectivity index (χ0n) is 15.2. The van der Waals surface area contributed by atoms with Crippen molar-refractivity contribution >= 4 is 33.4 Å². The highest BCUT2D eigenvalue weighted by Crippen LogP contribution is 2.30. The molecule has 0 atom stereocenters. The van der Waals surface area contributed by atoms with Crippen LogP contribution in [0.25, 0.3) is 5.70 Å². The van der Waals surface area contributed by atoms with Gasteiger partial charge in [-0.05, 0) is 55.2 Å². The molecule has 2 aromatic heterocycles. The maximum absolute atomic E-state index is 5.98. The molecule has 3 aromatic rings. The molecule has 1 aromatic carbocycles. The van der Waals surface area contributed by atoms with E-state index in [-0.39, 0.29) is 0 Å². The molecule has 2 heterocycles. The van der Waals surface area contributed by atoms with Crippen molar-refractivity contribution in [1.29, 1.82) is 0 Å². The molecule has 0 bridgehead atoms. The lowest BCUT2D eigenvalue weighted by atomic mass is 10.1. The molecular formula is C22H24N4S. The summed E-state index contributed by atoms with van der Waals surface area (Å²) in [6, 6.07) is 15.8. The third kappa shape index (κ3) is 5.46. The van der Waals surface area contributed by atoms with Crippen LogP contribution >= 0.6 is 11.3 Å². The minimum Gasteiger partial charge on any atom is -0.397 e. The van der Waals surface area contributed by atoms with E-state index in [1.165, 1.54) is 5.56 Å². The van der Waals surface area contributed by atoms with E-state index in [1.807, 2.05) is 48.7 Å². The van der Waals surface area contributed by atoms with Crippen LogP contribution < -0.4 is 16.4 Å². The minimum absolute atomic E-state index is 0.704. The molecule has 0 aliphatic carbocycles. The number of pyridine rings is 1. The number of benzene rings is 1. The van der Waals surface area contributed by atoms with Gasteiger partial charge in [0.1, 0.15) is 0 Å². The maximum atomic E-state index is 5.98. The normalized spacial score (nSPS) is 10.4. The van der Waals surface area contributed by atoms with E-state index >= 15 is 0 Å². The van der Waals surface area contributed by atoms with Gasteiger partial charge in [-0.15, -0.1) is 11.3 Å². The molecule has 4 N–H and O–H groups in total. The molecule has 0 saturated carbocycles. The van der Waals surface area contributed by atoms with Gasteiger partial charge in [-0.3, -0.25) is 4.98 Å². The topological polar surface area (TPSA) is 63.0 Å². The van der Waals surface area contributed by atoms with Crippen molar-refractivity contribution in [1.82, 2.24) is 4.98 Å². The van der Waals surface area contributed by atoms with E-state index in [0.29, 0.717) is 5.69 Å². The van der Waals surface area contributed by atoms with E-state index in [1.54, 1.807) is 17.5 Å². The highest BCUT2D eigenvalue weighted by molar-refractivity contribution is 7.17. The Kier molecular flexibility index (Phi) is 6.28. The Morgan fingerprint density at radius 3 is 2.67 bits per heavy atom. The number of thiophene rings is 1. The summed E-state index contributed by atoms with van der Waals surface area (Å²) in [5.74, 6) is 0. The number of nitrogens with two attached hydrogens (primary N) is 1. The first-order chi connectivity index (χ1) is 13.1. The number of nitrogens with one attached hydrogen (secondary N) is 2. The highest BCUT2D eigenvalue weighted by Gasteiger charge is 2.07. The van der Waals surface area contributed by atoms with Gasteiger partial charge in [-0.25, -0.2) is 0 Å². The van der Waals surface area contributed by atoms with Crippen molar-refractivity contribution in [3.63, 3.8) is 0 Å². The zero-order valence-corrected chi connectivity index (χ0v) is 16.1. The lowest BCUT2D eigenvalue weighted by Crippen LogP contribution is -1.99. The standard InChI is InChI=1S/C22H24N4S/c1-16(7-5-8-18-9-6-14-24-15-18)25-22-13-12-21(27-22)17(2)26-20-11-4-3-10-19(20)23/h3-4,6,9-15,25-26H,1-2,5,7-8,23H2. The molecule has 0 fully saturated rings. The van der Waals surface area contributed by atoms with Gasteiger partial charge in [0.25, 0.3) is 0 Å². The number of para-hydroxylation sites is 2. The van der Waals surface area contributed by atoms with Crippen LogP contribution in [0.2, 0.25) is 0 Å². The first-order valence-electron chi connectivity index (χ1n) is 8.86. The molecule has 4 nitrogen and oxygen atoms in total. The average Bonchev–Trinajstić information content (AvgIpc) is 3.13. The molecule has 3 rings (SSSR count). The second-order valence-corrected chi connectivity index (χ2v) is 7.38. The van der Waals surface area contributed by atoms with Crippen molar-refractivity contribution < 1.29 is 0 Å². The predicted molar refractivity (Wildman–Crippen MR) is 118 cm³/mol. The van der Waals surface area contributed by atoms with Gasteiger partial charge in [-0.2, -0.15) is 0 Å². The van der Waals surface area contributed by atoms with Crippen LogP contribution in [0.5, 0.6) is 0 Å². The van der Waals surface area contributed by atoms with Crippen LogP contribution in [0, 0.1) is 0 Å². The molecule has 0 radical (unpaired) electrons. The lowest BCUT2D eigenvalue weighted by Gasteiger charge is -2.10. The average molecular weight is 377 g/mol. The van der Waals surface area contributed by atoms with Crippen LogP contribution in [0.3, 0.4) is 0 Å². The fourth-order valence-electron chi connectivity index (χ4n) is 2.69. The molecule has 5 heteroatoms. The van der Waals surface area contributed by atoms with Crippen molar-refractivity contribution in [2.24, 2.45) is 0 Å². The SMILES string of the molecule is C=C(CCCc1cccnc1)Nc1ccc(C(=C)Nc2ccccc2N)s1. The van der Waals surface area contributed by atoms with E-state index in [2.05, 4.69) is 34.8 Å². The number of anilines is 3. The van der Waals surface area contributed by atoms with Crippen LogP contribution in [0.15, 0.2) is 79.8 Å². The van der Waals surface area contributed by atoms with Crippen molar-refractivity contribution in [3.8, 4) is 0 Å². The zero-order chi connectivity index (χ0) is 19.1. The number of aromatic nitrogens is 1. The van der Waals surface area contributed by atoms with Crippen LogP contribution in [-0.4, -0.2) is 4.98 Å². The smallest absolute Gasteiger partial charge is 0.0931 e. The fraction of sp³-hybridized carbons (Fsp3) is 0.136. The van der Waals surface area contributed by atoms with Crippen LogP contribution in [-0.2, 0) is 6.42 Å². The van der Waals surface area contributed by atoms with E-state index in [9.17, 15) is 0 Å². The molecule has 0 spiro atoms. The number of nitrogen functional groups attached to an aromatic ring is 1. The molecule has 0 amide bonds. The van der Waals surface area contributed by atoms with Gasteiger partial charge >= 0.3 is 0 Å². The lowest BCUT2D eigenvalue weighted by molar-refractivity contribution is 0.813. The largest absolute Gasteiger partial charge is 0.397 e. The summed E-state index contributed by atoms with van der Waals surface area (Å²) in [6.07, 6.45) is 6.68. The Morgan fingerprint density at radius 2 is 1.89 bits per heavy atom. The second kappa shape index (κ2) is 9.05. The number of rotatable bonds is 9. The Bertz CT molecular complexity index is 915. The van der Waals surface area contributed by atoms with Gasteiger partial charge in [0, 0.05) is 23.8 Å². The van der Waals surface area contributed by atoms with Crippen molar-refractivity contribution in [2.45, 2.75) is 19.3 Å². The van der Waals surface area contributed by atoms with Gasteiger partial charge in [0.05, 0.1) is 21.3 Å². The first kappa shape index (κ1) is 18.7. The van der Waals surface area contributed by atoms with E-state index in [4.69, 9.17) is 5.73 Å². The predicted octanol–water partition coefficient (Wildman–Crippen LogP) is 5.76. The third-order valence-electron chi connectivity index (χ3n) is 4.12. The van der Waals surface area contributed by atoms with Crippen LogP contribution in [0.4, 0.5) is 16.4 Å². The van der Waals surface area contributed by atoms with E-state index < -0.39 is 0 Å². The highest BCUT2D eigenvalue weighted by atomic mass is 32.1. The summed E-state index contributed by atoms with van der Waals surface area (Å²) in [5.41, 5.74) is 10.6. The van der Waals surface area contributed by atoms with Crippen molar-refractivity contribution in [3.05, 3.63) is 90.2 Å². The molecular weight excluding hydrogens is 352 g/mol. The summed E-state index contributed by atoms with van der Waals surface area (Å²) < 4.78 is 0. The number of aryl methyl sites for hydroxylation is 1. The molecule has 0 saturated heterocycles. The summed E-state index contributed by atoms with van der Waals surface area (Å²) >= 11 is 1.64. The molecule has 0 aliphatic heterocycles. The Morgan fingerprint density at radius 1 is 1.04 bits per heavy atom. The van der Waals surface area contributed by atoms with Gasteiger partial charge in [-0.1, -0.05) is 31.4 Å². The molecule has 0 aliphatic rings. The number of nitrogens with zero attached hydrogens (tertiary/aromatic N) is 1. The Labute approximate surface area is 164 Å². The minimum atomic E-state index is 0.704. The third-order valence-corrected chi connectivity index (χ3v) is 5.18. The fourth-order valence-corrected chi connectivity index (χ4v) is 3.57. The maximum Gasteiger partial charge on any atom is 0.0931 e. The van der Waals surface area contributed by atoms with E-state index in [0.717, 1.165) is 46.2 Å². The quantitative estimate of drug-likeness (QED) is 0.416. The monoisotopic (exact) mass is 376 g/mol. The summed E-state index contributed by atoms with van der Waals surface area (Å²) in [4.78, 5) is 5.21. The van der Waals surface area contributed by atoms with Gasteiger partial charge < -0.3 is 16.4 Å². The van der Waals surface area contributed by atoms with Crippen LogP contribution in [0.1, 0.15) is 23.3 Å². The van der Waals surface area contributed by atoms with Gasteiger partial charge in [0.2, 0.25) is 0 Å². The summed E-state index contributed by atoms with van der Waals surface area (Å²) in [5, 5.41) is 7.73. The molecule has 27 heavy (non-hydrogen) atoms. The second-order valence-electron chi connectivity index (χ2n) is 6.30.